The number of fused-ring (bicyclic) bond motifs is 1. The second-order valence-electron chi connectivity index (χ2n) is 8.11. The molecule has 6 heteroatoms. The van der Waals surface area contributed by atoms with E-state index in [0.29, 0.717) is 29.0 Å². The maximum atomic E-state index is 13.5. The maximum Gasteiger partial charge on any atom is 0.258 e. The van der Waals surface area contributed by atoms with E-state index >= 15 is 0 Å². The van der Waals surface area contributed by atoms with Gasteiger partial charge in [-0.15, -0.1) is 0 Å². The summed E-state index contributed by atoms with van der Waals surface area (Å²) in [6.45, 7) is 3.52. The summed E-state index contributed by atoms with van der Waals surface area (Å²) >= 11 is 0. The van der Waals surface area contributed by atoms with Crippen LogP contribution in [-0.2, 0) is 4.79 Å². The van der Waals surface area contributed by atoms with Crippen LogP contribution in [0.2, 0.25) is 0 Å². The fourth-order valence-corrected chi connectivity index (χ4v) is 4.51. The first-order valence-corrected chi connectivity index (χ1v) is 10.8. The van der Waals surface area contributed by atoms with Crippen LogP contribution in [0.15, 0.2) is 72.8 Å². The molecule has 33 heavy (non-hydrogen) atoms. The Balaban J connectivity index is 1.76. The minimum Gasteiger partial charge on any atom is -0.497 e. The van der Waals surface area contributed by atoms with Crippen LogP contribution in [0.3, 0.4) is 0 Å². The third-order valence-electron chi connectivity index (χ3n) is 6.02. The standard InChI is InChI=1S/C27H25N3O3/c1-18-15-26(30(19(2)31)22-8-6-7-20(16-22)17-28)24-9-4-5-10-25(24)29(18)27(32)21-11-13-23(33-3)14-12-21/h4-14,16,18,26H,15H2,1-3H3. The van der Waals surface area contributed by atoms with Gasteiger partial charge in [0.2, 0.25) is 5.91 Å². The molecule has 0 N–H and O–H groups in total. The molecule has 0 bridgehead atoms. The van der Waals surface area contributed by atoms with E-state index in [2.05, 4.69) is 6.07 Å². The number of hydrogen-bond donors (Lipinski definition) is 0. The van der Waals surface area contributed by atoms with Gasteiger partial charge in [0.1, 0.15) is 5.75 Å². The lowest BCUT2D eigenvalue weighted by Crippen LogP contribution is -2.47. The van der Waals surface area contributed by atoms with Crippen LogP contribution < -0.4 is 14.5 Å². The first-order valence-electron chi connectivity index (χ1n) is 10.8. The third-order valence-corrected chi connectivity index (χ3v) is 6.02. The van der Waals surface area contributed by atoms with E-state index in [1.807, 2.05) is 37.3 Å². The predicted octanol–water partition coefficient (Wildman–Crippen LogP) is 5.10. The predicted molar refractivity (Wildman–Crippen MR) is 127 cm³/mol. The molecule has 0 radical (unpaired) electrons. The Hall–Kier alpha value is -4.11. The number of nitrogens with zero attached hydrogens (tertiary/aromatic N) is 3. The van der Waals surface area contributed by atoms with Crippen LogP contribution in [0.4, 0.5) is 11.4 Å². The molecule has 2 unspecified atom stereocenters. The SMILES string of the molecule is COc1ccc(C(=O)N2c3ccccc3C(N(C(C)=O)c3cccc(C#N)c3)CC2C)cc1. The van der Waals surface area contributed by atoms with Crippen molar-refractivity contribution < 1.29 is 14.3 Å². The van der Waals surface area contributed by atoms with Gasteiger partial charge in [-0.05, 0) is 67.4 Å². The Labute approximate surface area is 193 Å². The Bertz CT molecular complexity index is 1230. The van der Waals surface area contributed by atoms with Crippen LogP contribution in [0.1, 0.15) is 47.8 Å². The molecule has 0 spiro atoms. The average molecular weight is 440 g/mol. The first-order chi connectivity index (χ1) is 15.9. The van der Waals surface area contributed by atoms with Gasteiger partial charge in [0, 0.05) is 29.9 Å². The van der Waals surface area contributed by atoms with Crippen molar-refractivity contribution in [3.8, 4) is 11.8 Å². The zero-order chi connectivity index (χ0) is 23.5. The van der Waals surface area contributed by atoms with Crippen molar-refractivity contribution in [1.29, 1.82) is 5.26 Å². The van der Waals surface area contributed by atoms with Crippen molar-refractivity contribution >= 4 is 23.2 Å². The molecular weight excluding hydrogens is 414 g/mol. The number of hydrogen-bond acceptors (Lipinski definition) is 4. The molecular formula is C27H25N3O3. The minimum absolute atomic E-state index is 0.100. The van der Waals surface area contributed by atoms with Crippen molar-refractivity contribution in [2.24, 2.45) is 0 Å². The summed E-state index contributed by atoms with van der Waals surface area (Å²) in [5.41, 5.74) is 3.41. The summed E-state index contributed by atoms with van der Waals surface area (Å²) in [6.07, 6.45) is 0.565. The molecule has 1 heterocycles. The number of ether oxygens (including phenoxy) is 1. The third kappa shape index (κ3) is 4.18. The van der Waals surface area contributed by atoms with E-state index in [9.17, 15) is 14.9 Å². The Morgan fingerprint density at radius 1 is 1.06 bits per heavy atom. The van der Waals surface area contributed by atoms with Crippen LogP contribution in [0.5, 0.6) is 5.75 Å². The highest BCUT2D eigenvalue weighted by atomic mass is 16.5. The van der Waals surface area contributed by atoms with Crippen molar-refractivity contribution in [3.63, 3.8) is 0 Å². The molecule has 0 saturated carbocycles. The van der Waals surface area contributed by atoms with Crippen LogP contribution in [0.25, 0.3) is 0 Å². The molecule has 0 aromatic heterocycles. The topological polar surface area (TPSA) is 73.6 Å². The quantitative estimate of drug-likeness (QED) is 0.567. The van der Waals surface area contributed by atoms with Crippen molar-refractivity contribution in [2.75, 3.05) is 16.9 Å². The van der Waals surface area contributed by atoms with Gasteiger partial charge >= 0.3 is 0 Å². The summed E-state index contributed by atoms with van der Waals surface area (Å²) in [4.78, 5) is 29.8. The minimum atomic E-state index is -0.262. The average Bonchev–Trinajstić information content (AvgIpc) is 2.84. The Morgan fingerprint density at radius 3 is 2.45 bits per heavy atom. The van der Waals surface area contributed by atoms with Crippen molar-refractivity contribution in [1.82, 2.24) is 0 Å². The fraction of sp³-hybridized carbons (Fsp3) is 0.222. The maximum absolute atomic E-state index is 13.5. The zero-order valence-electron chi connectivity index (χ0n) is 18.9. The highest BCUT2D eigenvalue weighted by Gasteiger charge is 2.38. The number of nitriles is 1. The van der Waals surface area contributed by atoms with E-state index in [1.54, 1.807) is 59.4 Å². The van der Waals surface area contributed by atoms with Gasteiger partial charge in [0.05, 0.1) is 24.8 Å². The summed E-state index contributed by atoms with van der Waals surface area (Å²) in [7, 11) is 1.59. The number of amides is 2. The molecule has 3 aromatic carbocycles. The van der Waals surface area contributed by atoms with Crippen molar-refractivity contribution in [3.05, 3.63) is 89.5 Å². The molecule has 0 aliphatic carbocycles. The first kappa shape index (κ1) is 22.1. The Kier molecular flexibility index (Phi) is 6.14. The molecule has 0 fully saturated rings. The lowest BCUT2D eigenvalue weighted by atomic mass is 9.89. The van der Waals surface area contributed by atoms with Gasteiger partial charge in [0.25, 0.3) is 5.91 Å². The van der Waals surface area contributed by atoms with Crippen LogP contribution in [0, 0.1) is 11.3 Å². The van der Waals surface area contributed by atoms with Crippen LogP contribution >= 0.6 is 0 Å². The number of rotatable bonds is 4. The van der Waals surface area contributed by atoms with Crippen LogP contribution in [-0.4, -0.2) is 25.0 Å². The van der Waals surface area contributed by atoms with Gasteiger partial charge in [0.15, 0.2) is 0 Å². The molecule has 6 nitrogen and oxygen atoms in total. The van der Waals surface area contributed by atoms with E-state index < -0.39 is 0 Å². The molecule has 1 aliphatic rings. The summed E-state index contributed by atoms with van der Waals surface area (Å²) in [6, 6.07) is 23.6. The summed E-state index contributed by atoms with van der Waals surface area (Å²) < 4.78 is 5.21. The van der Waals surface area contributed by atoms with Gasteiger partial charge in [-0.1, -0.05) is 24.3 Å². The van der Waals surface area contributed by atoms with E-state index in [1.165, 1.54) is 6.92 Å². The molecule has 166 valence electrons. The molecule has 1 aliphatic heterocycles. The monoisotopic (exact) mass is 439 g/mol. The molecule has 0 saturated heterocycles. The fourth-order valence-electron chi connectivity index (χ4n) is 4.51. The summed E-state index contributed by atoms with van der Waals surface area (Å²) in [5, 5.41) is 9.32. The lowest BCUT2D eigenvalue weighted by Gasteiger charge is -2.43. The number of carbonyl (C=O) groups excluding carboxylic acids is 2. The van der Waals surface area contributed by atoms with Gasteiger partial charge in [-0.3, -0.25) is 9.59 Å². The highest BCUT2D eigenvalue weighted by molar-refractivity contribution is 6.07. The summed E-state index contributed by atoms with van der Waals surface area (Å²) in [5.74, 6) is 0.472. The number of benzene rings is 3. The largest absolute Gasteiger partial charge is 0.497 e. The number of para-hydroxylation sites is 1. The van der Waals surface area contributed by atoms with E-state index in [-0.39, 0.29) is 23.9 Å². The zero-order valence-corrected chi connectivity index (χ0v) is 18.9. The van der Waals surface area contributed by atoms with Gasteiger partial charge in [-0.25, -0.2) is 0 Å². The number of anilines is 2. The van der Waals surface area contributed by atoms with E-state index in [4.69, 9.17) is 4.74 Å². The van der Waals surface area contributed by atoms with E-state index in [0.717, 1.165) is 11.3 Å². The molecule has 4 rings (SSSR count). The number of methoxy groups -OCH3 is 1. The number of carbonyl (C=O) groups is 2. The lowest BCUT2D eigenvalue weighted by molar-refractivity contribution is -0.117. The van der Waals surface area contributed by atoms with Gasteiger partial charge in [-0.2, -0.15) is 5.26 Å². The smallest absolute Gasteiger partial charge is 0.258 e. The second kappa shape index (κ2) is 9.17. The Morgan fingerprint density at radius 2 is 1.79 bits per heavy atom. The normalized spacial score (nSPS) is 17.0. The van der Waals surface area contributed by atoms with Crippen molar-refractivity contribution in [2.45, 2.75) is 32.4 Å². The molecule has 3 aromatic rings. The molecule has 2 amide bonds. The molecule has 2 atom stereocenters. The highest BCUT2D eigenvalue weighted by Crippen LogP contribution is 2.42. The second-order valence-corrected chi connectivity index (χ2v) is 8.11. The van der Waals surface area contributed by atoms with Gasteiger partial charge < -0.3 is 14.5 Å².